The Bertz CT molecular complexity index is 728. The highest BCUT2D eigenvalue weighted by molar-refractivity contribution is 5.69. The van der Waals surface area contributed by atoms with E-state index in [0.29, 0.717) is 24.3 Å². The highest BCUT2D eigenvalue weighted by atomic mass is 17.2. The minimum atomic E-state index is -0.334. The van der Waals surface area contributed by atoms with Crippen molar-refractivity contribution in [3.05, 3.63) is 27.2 Å². The molecular formula is C13H20N4O4. The predicted molar refractivity (Wildman–Crippen MR) is 77.0 cm³/mol. The molecule has 0 saturated carbocycles. The van der Waals surface area contributed by atoms with E-state index in [-0.39, 0.29) is 11.2 Å². The molecule has 0 saturated heterocycles. The summed E-state index contributed by atoms with van der Waals surface area (Å²) in [5.41, 5.74) is 0.234. The van der Waals surface area contributed by atoms with E-state index in [2.05, 4.69) is 9.87 Å². The van der Waals surface area contributed by atoms with Gasteiger partial charge in [-0.25, -0.2) is 19.6 Å². The average molecular weight is 296 g/mol. The lowest BCUT2D eigenvalue weighted by Gasteiger charge is -2.08. The number of unbranched alkanes of at least 4 members (excludes halogenated alkanes) is 2. The van der Waals surface area contributed by atoms with Crippen molar-refractivity contribution in [1.82, 2.24) is 18.7 Å². The van der Waals surface area contributed by atoms with Gasteiger partial charge in [-0.3, -0.25) is 13.9 Å². The SMILES string of the molecule is COOCCCCCn1c(=O)c2c(ncn2C)n(C)c1=O. The number of imidazole rings is 1. The zero-order valence-electron chi connectivity index (χ0n) is 12.5. The Labute approximate surface area is 121 Å². The number of hydrogen-bond donors (Lipinski definition) is 0. The van der Waals surface area contributed by atoms with Crippen LogP contribution in [0.1, 0.15) is 19.3 Å². The Balaban J connectivity index is 2.18. The van der Waals surface area contributed by atoms with Gasteiger partial charge in [0.2, 0.25) is 0 Å². The fourth-order valence-corrected chi connectivity index (χ4v) is 2.28. The molecule has 0 N–H and O–H groups in total. The molecule has 0 aromatic carbocycles. The van der Waals surface area contributed by atoms with E-state index in [1.807, 2.05) is 0 Å². The predicted octanol–water partition coefficient (Wildman–Crippen LogP) is 0.182. The van der Waals surface area contributed by atoms with E-state index in [1.54, 1.807) is 18.7 Å². The van der Waals surface area contributed by atoms with Gasteiger partial charge in [0.25, 0.3) is 5.56 Å². The summed E-state index contributed by atoms with van der Waals surface area (Å²) in [5, 5.41) is 0. The molecular weight excluding hydrogens is 276 g/mol. The van der Waals surface area contributed by atoms with E-state index in [9.17, 15) is 9.59 Å². The number of rotatable bonds is 7. The van der Waals surface area contributed by atoms with E-state index >= 15 is 0 Å². The summed E-state index contributed by atoms with van der Waals surface area (Å²) in [4.78, 5) is 38.0. The van der Waals surface area contributed by atoms with Gasteiger partial charge in [-0.1, -0.05) is 0 Å². The summed E-state index contributed by atoms with van der Waals surface area (Å²) in [7, 11) is 4.83. The van der Waals surface area contributed by atoms with Gasteiger partial charge in [0.1, 0.15) is 0 Å². The molecule has 8 heteroatoms. The van der Waals surface area contributed by atoms with Crippen LogP contribution in [0.4, 0.5) is 0 Å². The van der Waals surface area contributed by atoms with Crippen molar-refractivity contribution in [2.24, 2.45) is 14.1 Å². The summed E-state index contributed by atoms with van der Waals surface area (Å²) in [6.45, 7) is 0.893. The van der Waals surface area contributed by atoms with Gasteiger partial charge >= 0.3 is 5.69 Å². The Morgan fingerprint density at radius 2 is 1.95 bits per heavy atom. The molecule has 0 amide bonds. The Hall–Kier alpha value is -1.93. The van der Waals surface area contributed by atoms with Crippen LogP contribution in [0.3, 0.4) is 0 Å². The highest BCUT2D eigenvalue weighted by Gasteiger charge is 2.14. The number of hydrogen-bond acceptors (Lipinski definition) is 5. The Morgan fingerprint density at radius 3 is 2.67 bits per heavy atom. The summed E-state index contributed by atoms with van der Waals surface area (Å²) in [5.74, 6) is 0. The monoisotopic (exact) mass is 296 g/mol. The van der Waals surface area contributed by atoms with Gasteiger partial charge in [-0.05, 0) is 19.3 Å². The van der Waals surface area contributed by atoms with Gasteiger partial charge in [0.15, 0.2) is 11.2 Å². The standard InChI is InChI=1S/C13H20N4O4/c1-15-9-14-11-10(15)12(18)17(13(19)16(11)2)7-5-4-6-8-21-20-3/h9H,4-8H2,1-3H3. The van der Waals surface area contributed by atoms with Crippen molar-refractivity contribution in [2.75, 3.05) is 13.7 Å². The summed E-state index contributed by atoms with van der Waals surface area (Å²) in [6, 6.07) is 0. The lowest BCUT2D eigenvalue weighted by molar-refractivity contribution is -0.272. The van der Waals surface area contributed by atoms with Gasteiger partial charge in [-0.15, -0.1) is 0 Å². The molecule has 8 nitrogen and oxygen atoms in total. The molecule has 21 heavy (non-hydrogen) atoms. The minimum Gasteiger partial charge on any atom is -0.328 e. The Morgan fingerprint density at radius 1 is 1.19 bits per heavy atom. The minimum absolute atomic E-state index is 0.291. The number of aryl methyl sites for hydroxylation is 2. The molecule has 0 aliphatic rings. The van der Waals surface area contributed by atoms with Gasteiger partial charge < -0.3 is 4.57 Å². The fourth-order valence-electron chi connectivity index (χ4n) is 2.28. The molecule has 0 spiro atoms. The molecule has 116 valence electrons. The molecule has 0 aliphatic carbocycles. The van der Waals surface area contributed by atoms with Crippen molar-refractivity contribution in [1.29, 1.82) is 0 Å². The molecule has 0 fully saturated rings. The van der Waals surface area contributed by atoms with Crippen molar-refractivity contribution in [3.63, 3.8) is 0 Å². The van der Waals surface area contributed by atoms with Crippen LogP contribution in [0, 0.1) is 0 Å². The first kappa shape index (κ1) is 15.5. The fraction of sp³-hybridized carbons (Fsp3) is 0.615. The maximum atomic E-state index is 12.4. The van der Waals surface area contributed by atoms with Crippen molar-refractivity contribution < 1.29 is 9.78 Å². The van der Waals surface area contributed by atoms with Crippen LogP contribution in [0.2, 0.25) is 0 Å². The summed E-state index contributed by atoms with van der Waals surface area (Å²) in [6.07, 6.45) is 3.93. The first-order valence-electron chi connectivity index (χ1n) is 6.84. The molecule has 2 aromatic heterocycles. The third-order valence-corrected chi connectivity index (χ3v) is 3.43. The van der Waals surface area contributed by atoms with E-state index in [1.165, 1.54) is 22.6 Å². The number of nitrogens with zero attached hydrogens (tertiary/aromatic N) is 4. The third-order valence-electron chi connectivity index (χ3n) is 3.43. The normalized spacial score (nSPS) is 11.4. The van der Waals surface area contributed by atoms with Crippen LogP contribution in [-0.4, -0.2) is 32.4 Å². The van der Waals surface area contributed by atoms with Crippen molar-refractivity contribution >= 4 is 11.2 Å². The van der Waals surface area contributed by atoms with Crippen LogP contribution in [0.5, 0.6) is 0 Å². The molecule has 2 heterocycles. The van der Waals surface area contributed by atoms with Gasteiger partial charge in [0, 0.05) is 20.6 Å². The first-order valence-corrected chi connectivity index (χ1v) is 6.84. The van der Waals surface area contributed by atoms with Crippen molar-refractivity contribution in [2.45, 2.75) is 25.8 Å². The molecule has 0 aliphatic heterocycles. The third kappa shape index (κ3) is 3.06. The molecule has 2 rings (SSSR count). The van der Waals surface area contributed by atoms with E-state index in [0.717, 1.165) is 19.3 Å². The van der Waals surface area contributed by atoms with Crippen LogP contribution in [0.25, 0.3) is 11.2 Å². The lowest BCUT2D eigenvalue weighted by atomic mass is 10.2. The summed E-state index contributed by atoms with van der Waals surface area (Å²) >= 11 is 0. The molecule has 2 aromatic rings. The second-order valence-corrected chi connectivity index (χ2v) is 4.88. The summed E-state index contributed by atoms with van der Waals surface area (Å²) < 4.78 is 4.31. The maximum absolute atomic E-state index is 12.4. The second-order valence-electron chi connectivity index (χ2n) is 4.88. The zero-order chi connectivity index (χ0) is 15.4. The maximum Gasteiger partial charge on any atom is 0.332 e. The quantitative estimate of drug-likeness (QED) is 0.414. The zero-order valence-corrected chi connectivity index (χ0v) is 12.5. The smallest absolute Gasteiger partial charge is 0.328 e. The molecule has 0 radical (unpaired) electrons. The molecule has 0 atom stereocenters. The lowest BCUT2D eigenvalue weighted by Crippen LogP contribution is -2.39. The van der Waals surface area contributed by atoms with Crippen LogP contribution < -0.4 is 11.2 Å². The number of aromatic nitrogens is 4. The molecule has 0 bridgehead atoms. The van der Waals surface area contributed by atoms with Crippen LogP contribution in [0.15, 0.2) is 15.9 Å². The van der Waals surface area contributed by atoms with E-state index in [4.69, 9.17) is 4.89 Å². The van der Waals surface area contributed by atoms with Crippen LogP contribution in [-0.2, 0) is 30.4 Å². The topological polar surface area (TPSA) is 80.3 Å². The largest absolute Gasteiger partial charge is 0.332 e. The van der Waals surface area contributed by atoms with Gasteiger partial charge in [-0.2, -0.15) is 0 Å². The highest BCUT2D eigenvalue weighted by Crippen LogP contribution is 2.04. The molecule has 0 unspecified atom stereocenters. The van der Waals surface area contributed by atoms with Crippen molar-refractivity contribution in [3.8, 4) is 0 Å². The van der Waals surface area contributed by atoms with E-state index < -0.39 is 0 Å². The number of fused-ring (bicyclic) bond motifs is 1. The second kappa shape index (κ2) is 6.68. The van der Waals surface area contributed by atoms with Gasteiger partial charge in [0.05, 0.1) is 20.0 Å². The first-order chi connectivity index (χ1) is 10.1. The van der Waals surface area contributed by atoms with Crippen LogP contribution >= 0.6 is 0 Å². The average Bonchev–Trinajstić information content (AvgIpc) is 2.85. The Kier molecular flexibility index (Phi) is 4.92.